The Morgan fingerprint density at radius 1 is 1.18 bits per heavy atom. The van der Waals surface area contributed by atoms with E-state index in [1.54, 1.807) is 0 Å². The second-order valence-electron chi connectivity index (χ2n) is 7.19. The lowest BCUT2D eigenvalue weighted by atomic mass is 10.1. The van der Waals surface area contributed by atoms with Crippen molar-refractivity contribution in [3.05, 3.63) is 70.6 Å². The van der Waals surface area contributed by atoms with Gasteiger partial charge in [-0.2, -0.15) is 4.98 Å². The predicted molar refractivity (Wildman–Crippen MR) is 98.3 cm³/mol. The van der Waals surface area contributed by atoms with Crippen molar-refractivity contribution in [1.82, 2.24) is 15.0 Å². The molecule has 1 amide bonds. The Morgan fingerprint density at radius 3 is 2.75 bits per heavy atom. The van der Waals surface area contributed by atoms with Gasteiger partial charge in [-0.3, -0.25) is 4.79 Å². The molecule has 2 heterocycles. The normalized spacial score (nSPS) is 16.8. The number of likely N-dealkylation sites (tertiary alicyclic amines) is 1. The average molecular weight is 383 g/mol. The number of carbonyl (C=O) groups is 1. The molecule has 0 bridgehead atoms. The zero-order chi connectivity index (χ0) is 19.8. The summed E-state index contributed by atoms with van der Waals surface area (Å²) in [5.74, 6) is -0.792. The highest BCUT2D eigenvalue weighted by atomic mass is 19.1. The highest BCUT2D eigenvalue weighted by Gasteiger charge is 2.34. The quantitative estimate of drug-likeness (QED) is 0.679. The van der Waals surface area contributed by atoms with Gasteiger partial charge in [0, 0.05) is 36.7 Å². The van der Waals surface area contributed by atoms with Crippen LogP contribution in [0.15, 0.2) is 40.9 Å². The molecule has 0 spiro atoms. The summed E-state index contributed by atoms with van der Waals surface area (Å²) in [6.07, 6.45) is 0.220. The first-order valence-electron chi connectivity index (χ1n) is 9.03. The molecule has 7 heteroatoms. The molecule has 0 saturated carbocycles. The smallest absolute Gasteiger partial charge is 0.232 e. The number of aromatic nitrogens is 2. The second-order valence-corrected chi connectivity index (χ2v) is 7.19. The van der Waals surface area contributed by atoms with Gasteiger partial charge in [0.25, 0.3) is 0 Å². The van der Waals surface area contributed by atoms with E-state index in [0.29, 0.717) is 18.3 Å². The maximum atomic E-state index is 13.9. The van der Waals surface area contributed by atoms with E-state index in [9.17, 15) is 13.6 Å². The number of benzene rings is 2. The number of aryl methyl sites for hydroxylation is 2. The zero-order valence-electron chi connectivity index (χ0n) is 15.6. The van der Waals surface area contributed by atoms with E-state index in [1.807, 2.05) is 32.0 Å². The molecule has 1 aromatic heterocycles. The number of nitrogens with zero attached hydrogens (tertiary/aromatic N) is 3. The second kappa shape index (κ2) is 7.14. The Balaban J connectivity index is 1.50. The van der Waals surface area contributed by atoms with Gasteiger partial charge in [-0.1, -0.05) is 35.0 Å². The summed E-state index contributed by atoms with van der Waals surface area (Å²) in [6.45, 7) is 4.43. The van der Waals surface area contributed by atoms with Gasteiger partial charge in [-0.05, 0) is 25.5 Å². The number of rotatable bonds is 4. The number of hydrogen-bond acceptors (Lipinski definition) is 4. The lowest BCUT2D eigenvalue weighted by molar-refractivity contribution is -0.128. The molecule has 144 valence electrons. The first-order chi connectivity index (χ1) is 13.4. The van der Waals surface area contributed by atoms with Crippen LogP contribution in [-0.4, -0.2) is 27.5 Å². The Morgan fingerprint density at radius 2 is 2.00 bits per heavy atom. The third-order valence-corrected chi connectivity index (χ3v) is 5.00. The first-order valence-corrected chi connectivity index (χ1v) is 9.03. The summed E-state index contributed by atoms with van der Waals surface area (Å²) >= 11 is 0. The molecule has 0 N–H and O–H groups in total. The minimum Gasteiger partial charge on any atom is -0.339 e. The maximum absolute atomic E-state index is 13.9. The Labute approximate surface area is 161 Å². The molecule has 4 rings (SSSR count). The fourth-order valence-electron chi connectivity index (χ4n) is 3.52. The Bertz CT molecular complexity index is 1050. The van der Waals surface area contributed by atoms with Crippen LogP contribution in [0.25, 0.3) is 11.4 Å². The van der Waals surface area contributed by atoms with Gasteiger partial charge in [0.05, 0.1) is 5.92 Å². The Hall–Kier alpha value is -3.09. The van der Waals surface area contributed by atoms with Crippen molar-refractivity contribution in [1.29, 1.82) is 0 Å². The summed E-state index contributed by atoms with van der Waals surface area (Å²) in [6, 6.07) is 9.34. The highest BCUT2D eigenvalue weighted by molar-refractivity contribution is 5.79. The van der Waals surface area contributed by atoms with Crippen LogP contribution in [0.2, 0.25) is 0 Å². The first kappa shape index (κ1) is 18.3. The SMILES string of the molecule is Cc1ccc(-c2noc(C3CC(=O)N(Cc4ccc(F)cc4F)C3)n2)c(C)c1. The molecule has 1 atom stereocenters. The summed E-state index contributed by atoms with van der Waals surface area (Å²) in [4.78, 5) is 18.4. The molecular weight excluding hydrogens is 364 g/mol. The minimum absolute atomic E-state index is 0.0828. The molecule has 3 aromatic rings. The van der Waals surface area contributed by atoms with Crippen molar-refractivity contribution < 1.29 is 18.1 Å². The van der Waals surface area contributed by atoms with E-state index in [-0.39, 0.29) is 30.4 Å². The van der Waals surface area contributed by atoms with Crippen molar-refractivity contribution in [2.24, 2.45) is 0 Å². The fourth-order valence-corrected chi connectivity index (χ4v) is 3.52. The Kier molecular flexibility index (Phi) is 4.66. The third kappa shape index (κ3) is 3.52. The van der Waals surface area contributed by atoms with Gasteiger partial charge in [-0.15, -0.1) is 0 Å². The topological polar surface area (TPSA) is 59.2 Å². The summed E-state index contributed by atoms with van der Waals surface area (Å²) in [5.41, 5.74) is 3.35. The van der Waals surface area contributed by atoms with Crippen molar-refractivity contribution in [3.8, 4) is 11.4 Å². The number of hydrogen-bond donors (Lipinski definition) is 0. The highest BCUT2D eigenvalue weighted by Crippen LogP contribution is 2.30. The van der Waals surface area contributed by atoms with E-state index in [1.165, 1.54) is 17.0 Å². The summed E-state index contributed by atoms with van der Waals surface area (Å²) < 4.78 is 32.4. The largest absolute Gasteiger partial charge is 0.339 e. The van der Waals surface area contributed by atoms with Gasteiger partial charge < -0.3 is 9.42 Å². The van der Waals surface area contributed by atoms with Crippen LogP contribution in [0.4, 0.5) is 8.78 Å². The monoisotopic (exact) mass is 383 g/mol. The van der Waals surface area contributed by atoms with Crippen LogP contribution < -0.4 is 0 Å². The molecule has 1 aliphatic rings. The molecular formula is C21H19F2N3O2. The van der Waals surface area contributed by atoms with Gasteiger partial charge in [0.1, 0.15) is 11.6 Å². The molecule has 1 saturated heterocycles. The van der Waals surface area contributed by atoms with Gasteiger partial charge >= 0.3 is 0 Å². The molecule has 5 nitrogen and oxygen atoms in total. The van der Waals surface area contributed by atoms with Crippen molar-refractivity contribution in [3.63, 3.8) is 0 Å². The van der Waals surface area contributed by atoms with E-state index in [0.717, 1.165) is 22.8 Å². The van der Waals surface area contributed by atoms with Gasteiger partial charge in [0.2, 0.25) is 17.6 Å². The zero-order valence-corrected chi connectivity index (χ0v) is 15.6. The van der Waals surface area contributed by atoms with Crippen molar-refractivity contribution in [2.45, 2.75) is 32.7 Å². The molecule has 0 aliphatic carbocycles. The summed E-state index contributed by atoms with van der Waals surface area (Å²) in [5, 5.41) is 4.06. The summed E-state index contributed by atoms with van der Waals surface area (Å²) in [7, 11) is 0. The fraction of sp³-hybridized carbons (Fsp3) is 0.286. The van der Waals surface area contributed by atoms with Crippen LogP contribution in [0.3, 0.4) is 0 Å². The van der Waals surface area contributed by atoms with E-state index in [2.05, 4.69) is 10.1 Å². The predicted octanol–water partition coefficient (Wildman–Crippen LogP) is 4.15. The van der Waals surface area contributed by atoms with Gasteiger partial charge in [-0.25, -0.2) is 8.78 Å². The third-order valence-electron chi connectivity index (χ3n) is 5.00. The van der Waals surface area contributed by atoms with Crippen molar-refractivity contribution >= 4 is 5.91 Å². The standard InChI is InChI=1S/C21H19F2N3O2/c1-12-3-6-17(13(2)7-12)20-24-21(28-25-20)15-8-19(27)26(11-15)10-14-4-5-16(22)9-18(14)23/h3-7,9,15H,8,10-11H2,1-2H3. The van der Waals surface area contributed by atoms with Crippen LogP contribution in [0.5, 0.6) is 0 Å². The van der Waals surface area contributed by atoms with Crippen LogP contribution in [0, 0.1) is 25.5 Å². The molecule has 28 heavy (non-hydrogen) atoms. The van der Waals surface area contributed by atoms with Crippen molar-refractivity contribution in [2.75, 3.05) is 6.54 Å². The van der Waals surface area contributed by atoms with E-state index in [4.69, 9.17) is 4.52 Å². The number of carbonyl (C=O) groups excluding carboxylic acids is 1. The number of halogens is 2. The average Bonchev–Trinajstić information content (AvgIpc) is 3.25. The lowest BCUT2D eigenvalue weighted by Crippen LogP contribution is -2.25. The molecule has 1 unspecified atom stereocenters. The van der Waals surface area contributed by atoms with Crippen LogP contribution in [0.1, 0.15) is 34.9 Å². The molecule has 1 fully saturated rings. The molecule has 0 radical (unpaired) electrons. The van der Waals surface area contributed by atoms with Crippen LogP contribution in [-0.2, 0) is 11.3 Å². The minimum atomic E-state index is -0.661. The number of amides is 1. The maximum Gasteiger partial charge on any atom is 0.232 e. The van der Waals surface area contributed by atoms with Crippen LogP contribution >= 0.6 is 0 Å². The van der Waals surface area contributed by atoms with E-state index < -0.39 is 11.6 Å². The van der Waals surface area contributed by atoms with Gasteiger partial charge in [0.15, 0.2) is 0 Å². The lowest BCUT2D eigenvalue weighted by Gasteiger charge is -2.16. The van der Waals surface area contributed by atoms with E-state index >= 15 is 0 Å². The molecule has 1 aliphatic heterocycles. The molecule has 2 aromatic carbocycles.